The number of ketones is 1. The van der Waals surface area contributed by atoms with Crippen LogP contribution in [0.3, 0.4) is 0 Å². The van der Waals surface area contributed by atoms with Gasteiger partial charge in [0.2, 0.25) is 5.91 Å². The lowest BCUT2D eigenvalue weighted by molar-refractivity contribution is -0.124. The van der Waals surface area contributed by atoms with Crippen LogP contribution >= 0.6 is 0 Å². The molecule has 1 aromatic heterocycles. The van der Waals surface area contributed by atoms with Crippen LogP contribution in [0.4, 0.5) is 16.3 Å². The Hall–Kier alpha value is -3.73. The number of carbonyl (C=O) groups excluding carboxylic acids is 3. The van der Waals surface area contributed by atoms with Gasteiger partial charge in [-0.15, -0.1) is 0 Å². The molecular formula is C31H40N6O5. The number of nitrogens with zero attached hydrogens (tertiary/aromatic N) is 5. The molecule has 6 rings (SSSR count). The lowest BCUT2D eigenvalue weighted by atomic mass is 9.66. The Morgan fingerprint density at radius 1 is 1.10 bits per heavy atom. The molecular weight excluding hydrogens is 536 g/mol. The Morgan fingerprint density at radius 2 is 1.86 bits per heavy atom. The van der Waals surface area contributed by atoms with Crippen LogP contribution in [0.25, 0.3) is 0 Å². The van der Waals surface area contributed by atoms with Crippen molar-refractivity contribution in [3.05, 3.63) is 41.1 Å². The van der Waals surface area contributed by atoms with E-state index in [2.05, 4.69) is 27.1 Å². The number of piperazine rings is 1. The molecule has 1 unspecified atom stereocenters. The molecule has 4 heterocycles. The lowest BCUT2D eigenvalue weighted by Crippen LogP contribution is -2.52. The lowest BCUT2D eigenvalue weighted by Gasteiger charge is -2.40. The molecule has 2 saturated heterocycles. The first-order valence-corrected chi connectivity index (χ1v) is 14.9. The number of carbonyl (C=O) groups is 3. The highest BCUT2D eigenvalue weighted by atomic mass is 16.6. The monoisotopic (exact) mass is 576 g/mol. The van der Waals surface area contributed by atoms with E-state index >= 15 is 0 Å². The van der Waals surface area contributed by atoms with Crippen LogP contribution in [0.15, 0.2) is 24.3 Å². The zero-order chi connectivity index (χ0) is 29.6. The van der Waals surface area contributed by atoms with Gasteiger partial charge >= 0.3 is 12.1 Å². The van der Waals surface area contributed by atoms with Gasteiger partial charge in [0.05, 0.1) is 0 Å². The second-order valence-corrected chi connectivity index (χ2v) is 12.9. The molecule has 0 radical (unpaired) electrons. The minimum atomic E-state index is -1.22. The number of likely N-dealkylation sites (N-methyl/N-ethyl adjacent to an activating group) is 1. The Morgan fingerprint density at radius 3 is 2.57 bits per heavy atom. The van der Waals surface area contributed by atoms with Gasteiger partial charge in [0, 0.05) is 43.5 Å². The first-order valence-electron chi connectivity index (χ1n) is 14.9. The van der Waals surface area contributed by atoms with Crippen LogP contribution < -0.4 is 15.0 Å². The summed E-state index contributed by atoms with van der Waals surface area (Å²) in [6.45, 7) is 9.00. The predicted octanol–water partition coefficient (Wildman–Crippen LogP) is 3.32. The van der Waals surface area contributed by atoms with Crippen molar-refractivity contribution in [2.24, 2.45) is 5.41 Å². The number of anilines is 2. The van der Waals surface area contributed by atoms with Crippen molar-refractivity contribution in [3.63, 3.8) is 0 Å². The van der Waals surface area contributed by atoms with Gasteiger partial charge in [0.25, 0.3) is 0 Å². The molecule has 0 bridgehead atoms. The Labute approximate surface area is 246 Å². The molecule has 11 heteroatoms. The van der Waals surface area contributed by atoms with Crippen molar-refractivity contribution in [3.8, 4) is 6.01 Å². The number of fused-ring (bicyclic) bond motifs is 2. The first-order chi connectivity index (χ1) is 20.0. The number of aromatic nitrogens is 2. The van der Waals surface area contributed by atoms with E-state index < -0.39 is 11.0 Å². The highest BCUT2D eigenvalue weighted by Crippen LogP contribution is 2.45. The number of hydrogen-bond donors (Lipinski definition) is 1. The number of Topliss-reactive ketones (excluding diaryl/α,β-unsaturated/α-hetero) is 1. The van der Waals surface area contributed by atoms with E-state index in [4.69, 9.17) is 14.5 Å². The summed E-state index contributed by atoms with van der Waals surface area (Å²) in [6, 6.07) is 8.04. The van der Waals surface area contributed by atoms with Crippen molar-refractivity contribution in [1.29, 1.82) is 0 Å². The largest absolute Gasteiger partial charge is 0.462 e. The molecule has 1 spiro atoms. The minimum absolute atomic E-state index is 0.153. The molecule has 4 aliphatic rings. The van der Waals surface area contributed by atoms with Gasteiger partial charge in [-0.25, -0.2) is 4.79 Å². The summed E-state index contributed by atoms with van der Waals surface area (Å²) in [4.78, 5) is 56.0. The average molecular weight is 577 g/mol. The number of nitrogens with one attached hydrogen (secondary N) is 1. The van der Waals surface area contributed by atoms with Crippen LogP contribution in [0.2, 0.25) is 0 Å². The van der Waals surface area contributed by atoms with Crippen LogP contribution in [0.5, 0.6) is 6.01 Å². The van der Waals surface area contributed by atoms with Crippen LogP contribution in [-0.2, 0) is 22.4 Å². The minimum Gasteiger partial charge on any atom is -0.462 e. The number of rotatable bonds is 4. The molecule has 2 fully saturated rings. The summed E-state index contributed by atoms with van der Waals surface area (Å²) in [5.74, 6) is 0.0890. The third-order valence-electron chi connectivity index (χ3n) is 8.92. The fourth-order valence-corrected chi connectivity index (χ4v) is 6.49. The standard InChI is InChI=1S/C31H40N6O5/c1-30(2,3)42-29(40)37-16-14-36(15-17-37)26-22-11-12-31(18-20-8-5-6-10-23(20)32-27(31)39)25(38)24(22)33-28(34-26)41-19-21-9-7-13-35(21)4/h5-6,8,10,21H,7,9,11-19H2,1-4H3,(H,32,39)/t21-,31?/m0/s1. The van der Waals surface area contributed by atoms with Crippen molar-refractivity contribution < 1.29 is 23.9 Å². The molecule has 2 atom stereocenters. The van der Waals surface area contributed by atoms with Gasteiger partial charge in [0.15, 0.2) is 5.78 Å². The smallest absolute Gasteiger partial charge is 0.410 e. The number of ether oxygens (including phenoxy) is 2. The van der Waals surface area contributed by atoms with Crippen LogP contribution in [0, 0.1) is 5.41 Å². The van der Waals surface area contributed by atoms with E-state index in [0.29, 0.717) is 57.9 Å². The highest BCUT2D eigenvalue weighted by molar-refractivity contribution is 6.19. The second-order valence-electron chi connectivity index (χ2n) is 12.9. The van der Waals surface area contributed by atoms with E-state index in [1.807, 2.05) is 45.0 Å². The van der Waals surface area contributed by atoms with Gasteiger partial charge in [-0.2, -0.15) is 9.97 Å². The fraction of sp³-hybridized carbons (Fsp3) is 0.581. The van der Waals surface area contributed by atoms with Crippen LogP contribution in [-0.4, -0.2) is 95.6 Å². The molecule has 1 aromatic carbocycles. The van der Waals surface area contributed by atoms with E-state index in [1.165, 1.54) is 0 Å². The summed E-state index contributed by atoms with van der Waals surface area (Å²) < 4.78 is 11.7. The fourth-order valence-electron chi connectivity index (χ4n) is 6.49. The summed E-state index contributed by atoms with van der Waals surface area (Å²) in [7, 11) is 2.08. The van der Waals surface area contributed by atoms with E-state index in [1.54, 1.807) is 4.90 Å². The molecule has 3 aliphatic heterocycles. The van der Waals surface area contributed by atoms with E-state index in [0.717, 1.165) is 36.2 Å². The number of amides is 2. The normalized spacial score (nSPS) is 24.3. The summed E-state index contributed by atoms with van der Waals surface area (Å²) in [5.41, 5.74) is 0.927. The van der Waals surface area contributed by atoms with Crippen molar-refractivity contribution >= 4 is 29.3 Å². The van der Waals surface area contributed by atoms with Crippen molar-refractivity contribution in [2.45, 2.75) is 64.5 Å². The average Bonchev–Trinajstić information content (AvgIpc) is 3.37. The molecule has 2 aromatic rings. The van der Waals surface area contributed by atoms with Gasteiger partial charge in [-0.05, 0) is 78.1 Å². The highest BCUT2D eigenvalue weighted by Gasteiger charge is 2.52. The molecule has 2 amide bonds. The molecule has 1 N–H and O–H groups in total. The summed E-state index contributed by atoms with van der Waals surface area (Å²) in [6.07, 6.45) is 3.01. The third kappa shape index (κ3) is 5.30. The Kier molecular flexibility index (Phi) is 7.32. The molecule has 42 heavy (non-hydrogen) atoms. The summed E-state index contributed by atoms with van der Waals surface area (Å²) in [5, 5.41) is 2.97. The summed E-state index contributed by atoms with van der Waals surface area (Å²) >= 11 is 0. The predicted molar refractivity (Wildman–Crippen MR) is 157 cm³/mol. The number of likely N-dealkylation sites (tertiary alicyclic amines) is 1. The zero-order valence-electron chi connectivity index (χ0n) is 24.9. The Balaban J connectivity index is 1.30. The van der Waals surface area contributed by atoms with Gasteiger partial charge < -0.3 is 29.5 Å². The maximum Gasteiger partial charge on any atom is 0.410 e. The zero-order valence-corrected chi connectivity index (χ0v) is 24.9. The third-order valence-corrected chi connectivity index (χ3v) is 8.92. The van der Waals surface area contributed by atoms with E-state index in [-0.39, 0.29) is 35.5 Å². The topological polar surface area (TPSA) is 117 Å². The molecule has 11 nitrogen and oxygen atoms in total. The molecule has 1 aliphatic carbocycles. The Bertz CT molecular complexity index is 1400. The first kappa shape index (κ1) is 28.4. The SMILES string of the molecule is CN1CCC[C@H]1COc1nc2c(c(N3CCN(C(=O)OC(C)(C)C)CC3)n1)CCC1(Cc3ccccc3NC1=O)C2=O. The van der Waals surface area contributed by atoms with E-state index in [9.17, 15) is 14.4 Å². The molecule has 0 saturated carbocycles. The van der Waals surface area contributed by atoms with Crippen molar-refractivity contribution in [2.75, 3.05) is 56.6 Å². The maximum absolute atomic E-state index is 14.3. The second kappa shape index (κ2) is 10.8. The van der Waals surface area contributed by atoms with Crippen molar-refractivity contribution in [1.82, 2.24) is 19.8 Å². The van der Waals surface area contributed by atoms with Gasteiger partial charge in [-0.1, -0.05) is 18.2 Å². The molecule has 224 valence electrons. The number of para-hydroxylation sites is 1. The maximum atomic E-state index is 14.3. The quantitative estimate of drug-likeness (QED) is 0.547. The van der Waals surface area contributed by atoms with Gasteiger partial charge in [0.1, 0.15) is 29.1 Å². The van der Waals surface area contributed by atoms with Gasteiger partial charge in [-0.3, -0.25) is 9.59 Å². The number of hydrogen-bond acceptors (Lipinski definition) is 9. The van der Waals surface area contributed by atoms with Crippen LogP contribution in [0.1, 0.15) is 61.6 Å². The number of benzene rings is 1.